The van der Waals surface area contributed by atoms with Crippen LogP contribution in [-0.2, 0) is 11.3 Å². The van der Waals surface area contributed by atoms with Crippen LogP contribution in [0, 0.1) is 17.8 Å². The van der Waals surface area contributed by atoms with E-state index in [9.17, 15) is 14.7 Å². The molecule has 1 aromatic heterocycles. The Morgan fingerprint density at radius 2 is 1.81 bits per heavy atom. The van der Waals surface area contributed by atoms with E-state index < -0.39 is 0 Å². The van der Waals surface area contributed by atoms with Gasteiger partial charge in [0.25, 0.3) is 5.56 Å². The number of benzene rings is 1. The second kappa shape index (κ2) is 9.32. The van der Waals surface area contributed by atoms with Gasteiger partial charge in [0.05, 0.1) is 24.6 Å². The predicted molar refractivity (Wildman–Crippen MR) is 137 cm³/mol. The van der Waals surface area contributed by atoms with E-state index in [1.54, 1.807) is 7.11 Å². The van der Waals surface area contributed by atoms with Gasteiger partial charge < -0.3 is 24.2 Å². The second-order valence-electron chi connectivity index (χ2n) is 10.9. The summed E-state index contributed by atoms with van der Waals surface area (Å²) in [6.45, 7) is 4.53. The molecule has 1 aliphatic carbocycles. The van der Waals surface area contributed by atoms with Crippen molar-refractivity contribution in [3.63, 3.8) is 0 Å². The molecule has 2 saturated heterocycles. The minimum Gasteiger partial charge on any atom is -0.496 e. The lowest BCUT2D eigenvalue weighted by molar-refractivity contribution is -0.139. The summed E-state index contributed by atoms with van der Waals surface area (Å²) in [5, 5.41) is 10.6. The third kappa shape index (κ3) is 3.86. The van der Waals surface area contributed by atoms with Gasteiger partial charge in [0, 0.05) is 69.1 Å². The standard InChI is InChI=1S/C28H36N4O4/c1-29-11-13-30(14-12-29)28(35)25-21(17-33)23-16-32-22(26(25)31(23)15-18-7-8-18)10-9-20(27(32)34)19-5-3-4-6-24(19)36-2/h3-6,9-10,18,21,23,25-26,33H,7-8,11-17H2,1-2H3/t21-,23-,25+,26+/m0/s1. The first-order chi connectivity index (χ1) is 17.5. The monoisotopic (exact) mass is 492 g/mol. The molecular formula is C28H36N4O4. The van der Waals surface area contributed by atoms with Gasteiger partial charge in [-0.2, -0.15) is 0 Å². The Kier molecular flexibility index (Phi) is 6.14. The lowest BCUT2D eigenvalue weighted by Crippen LogP contribution is -2.50. The highest BCUT2D eigenvalue weighted by Gasteiger charge is 2.57. The van der Waals surface area contributed by atoms with Crippen molar-refractivity contribution in [2.24, 2.45) is 17.8 Å². The van der Waals surface area contributed by atoms with E-state index in [1.165, 1.54) is 12.8 Å². The van der Waals surface area contributed by atoms with Gasteiger partial charge in [-0.15, -0.1) is 0 Å². The number of piperazine rings is 1. The number of hydrogen-bond donors (Lipinski definition) is 1. The molecule has 4 heterocycles. The van der Waals surface area contributed by atoms with Gasteiger partial charge in [0.15, 0.2) is 0 Å². The number of fused-ring (bicyclic) bond motifs is 4. The number of aromatic nitrogens is 1. The molecule has 6 rings (SSSR count). The average Bonchev–Trinajstić information content (AvgIpc) is 3.69. The van der Waals surface area contributed by atoms with Crippen molar-refractivity contribution in [2.45, 2.75) is 31.5 Å². The van der Waals surface area contributed by atoms with Crippen LogP contribution in [0.25, 0.3) is 11.1 Å². The summed E-state index contributed by atoms with van der Waals surface area (Å²) in [4.78, 5) is 34.6. The lowest BCUT2D eigenvalue weighted by atomic mass is 9.86. The molecule has 1 aromatic carbocycles. The highest BCUT2D eigenvalue weighted by Crippen LogP contribution is 2.50. The highest BCUT2D eigenvalue weighted by molar-refractivity contribution is 5.81. The zero-order valence-electron chi connectivity index (χ0n) is 21.2. The summed E-state index contributed by atoms with van der Waals surface area (Å²) in [7, 11) is 3.70. The molecular weight excluding hydrogens is 456 g/mol. The molecule has 0 radical (unpaired) electrons. The molecule has 36 heavy (non-hydrogen) atoms. The maximum Gasteiger partial charge on any atom is 0.258 e. The van der Waals surface area contributed by atoms with Gasteiger partial charge in [-0.3, -0.25) is 14.5 Å². The molecule has 1 saturated carbocycles. The smallest absolute Gasteiger partial charge is 0.258 e. The fraction of sp³-hybridized carbons (Fsp3) is 0.571. The number of carbonyl (C=O) groups is 1. The minimum absolute atomic E-state index is 0.0277. The van der Waals surface area contributed by atoms with Crippen LogP contribution in [0.5, 0.6) is 5.75 Å². The van der Waals surface area contributed by atoms with Gasteiger partial charge >= 0.3 is 0 Å². The molecule has 1 N–H and O–H groups in total. The van der Waals surface area contributed by atoms with Crippen LogP contribution in [-0.4, -0.2) is 89.8 Å². The van der Waals surface area contributed by atoms with Crippen LogP contribution >= 0.6 is 0 Å². The number of nitrogens with zero attached hydrogens (tertiary/aromatic N) is 4. The van der Waals surface area contributed by atoms with E-state index >= 15 is 0 Å². The highest BCUT2D eigenvalue weighted by atomic mass is 16.5. The average molecular weight is 493 g/mol. The van der Waals surface area contributed by atoms with Crippen molar-refractivity contribution in [1.29, 1.82) is 0 Å². The predicted octanol–water partition coefficient (Wildman–Crippen LogP) is 1.67. The number of ether oxygens (including phenoxy) is 1. The van der Waals surface area contributed by atoms with Crippen LogP contribution in [0.1, 0.15) is 24.6 Å². The summed E-state index contributed by atoms with van der Waals surface area (Å²) in [5.41, 5.74) is 2.23. The number of aliphatic hydroxyl groups excluding tert-OH is 1. The fourth-order valence-electron chi connectivity index (χ4n) is 6.66. The van der Waals surface area contributed by atoms with E-state index in [-0.39, 0.29) is 42.0 Å². The first-order valence-electron chi connectivity index (χ1n) is 13.2. The summed E-state index contributed by atoms with van der Waals surface area (Å²) in [6, 6.07) is 11.3. The van der Waals surface area contributed by atoms with Crippen molar-refractivity contribution in [3.8, 4) is 16.9 Å². The normalized spacial score (nSPS) is 28.2. The Bertz CT molecular complexity index is 1200. The zero-order valence-corrected chi connectivity index (χ0v) is 21.2. The van der Waals surface area contributed by atoms with E-state index in [1.807, 2.05) is 45.9 Å². The number of rotatable bonds is 6. The summed E-state index contributed by atoms with van der Waals surface area (Å²) in [6.07, 6.45) is 2.44. The van der Waals surface area contributed by atoms with Crippen molar-refractivity contribution in [1.82, 2.24) is 19.3 Å². The van der Waals surface area contributed by atoms with Gasteiger partial charge in [-0.1, -0.05) is 18.2 Å². The van der Waals surface area contributed by atoms with Gasteiger partial charge in [0.1, 0.15) is 5.75 Å². The van der Waals surface area contributed by atoms with Gasteiger partial charge in [-0.25, -0.2) is 0 Å². The van der Waals surface area contributed by atoms with E-state index in [0.29, 0.717) is 36.9 Å². The molecule has 0 spiro atoms. The number of methoxy groups -OCH3 is 1. The number of hydrogen-bond acceptors (Lipinski definition) is 6. The lowest BCUT2D eigenvalue weighted by Gasteiger charge is -2.39. The Labute approximate surface area is 212 Å². The van der Waals surface area contributed by atoms with Crippen molar-refractivity contribution in [2.75, 3.05) is 53.5 Å². The number of para-hydroxylation sites is 1. The van der Waals surface area contributed by atoms with E-state index in [4.69, 9.17) is 4.74 Å². The number of carbonyl (C=O) groups excluding carboxylic acids is 1. The van der Waals surface area contributed by atoms with Crippen LogP contribution in [0.3, 0.4) is 0 Å². The summed E-state index contributed by atoms with van der Waals surface area (Å²) >= 11 is 0. The Morgan fingerprint density at radius 3 is 2.50 bits per heavy atom. The maximum absolute atomic E-state index is 14.0. The molecule has 192 valence electrons. The fourth-order valence-corrected chi connectivity index (χ4v) is 6.66. The SMILES string of the molecule is COc1ccccc1-c1ccc2n(c1=O)C[C@H]1[C@H](CO)[C@@H](C(=O)N3CCN(C)CC3)[C@@H]2N1CC1CC1. The van der Waals surface area contributed by atoms with Gasteiger partial charge in [0.2, 0.25) is 5.91 Å². The maximum atomic E-state index is 14.0. The van der Waals surface area contributed by atoms with Crippen molar-refractivity contribution >= 4 is 5.91 Å². The minimum atomic E-state index is -0.340. The molecule has 4 aliphatic rings. The molecule has 8 heteroatoms. The Balaban J connectivity index is 1.43. The van der Waals surface area contributed by atoms with Crippen molar-refractivity contribution < 1.29 is 14.6 Å². The molecule has 2 bridgehead atoms. The quantitative estimate of drug-likeness (QED) is 0.661. The Morgan fingerprint density at radius 1 is 1.06 bits per heavy atom. The second-order valence-corrected chi connectivity index (χ2v) is 10.9. The van der Waals surface area contributed by atoms with E-state index in [2.05, 4.69) is 16.8 Å². The molecule has 2 aromatic rings. The molecule has 0 unspecified atom stereocenters. The third-order valence-corrected chi connectivity index (χ3v) is 8.83. The third-order valence-electron chi connectivity index (χ3n) is 8.83. The number of aliphatic hydroxyl groups is 1. The first kappa shape index (κ1) is 23.7. The van der Waals surface area contributed by atoms with Gasteiger partial charge in [-0.05, 0) is 44.0 Å². The molecule has 8 nitrogen and oxygen atoms in total. The topological polar surface area (TPSA) is 78.2 Å². The molecule has 3 fully saturated rings. The van der Waals surface area contributed by atoms with Crippen LogP contribution in [0.2, 0.25) is 0 Å². The van der Waals surface area contributed by atoms with Crippen molar-refractivity contribution in [3.05, 3.63) is 52.4 Å². The number of amides is 1. The van der Waals surface area contributed by atoms with E-state index in [0.717, 1.165) is 30.9 Å². The molecule has 3 aliphatic heterocycles. The Hall–Kier alpha value is -2.68. The summed E-state index contributed by atoms with van der Waals surface area (Å²) in [5.74, 6) is 0.922. The largest absolute Gasteiger partial charge is 0.496 e. The summed E-state index contributed by atoms with van der Waals surface area (Å²) < 4.78 is 7.41. The number of pyridine rings is 1. The first-order valence-corrected chi connectivity index (χ1v) is 13.2. The zero-order chi connectivity index (χ0) is 25.0. The van der Waals surface area contributed by atoms with Crippen LogP contribution < -0.4 is 10.3 Å². The number of likely N-dealkylation sites (N-methyl/N-ethyl adjacent to an activating group) is 1. The van der Waals surface area contributed by atoms with Crippen LogP contribution in [0.15, 0.2) is 41.2 Å². The molecule has 4 atom stereocenters. The van der Waals surface area contributed by atoms with Crippen LogP contribution in [0.4, 0.5) is 0 Å². The molecule has 1 amide bonds.